The average Bonchev–Trinajstić information content (AvgIpc) is 2.39. The van der Waals surface area contributed by atoms with Crippen molar-refractivity contribution in [1.82, 2.24) is 0 Å². The molecule has 0 saturated carbocycles. The van der Waals surface area contributed by atoms with E-state index in [-0.39, 0.29) is 18.8 Å². The van der Waals surface area contributed by atoms with E-state index in [0.717, 1.165) is 0 Å². The lowest BCUT2D eigenvalue weighted by molar-refractivity contribution is -0.139. The van der Waals surface area contributed by atoms with Crippen LogP contribution < -0.4 is 4.74 Å². The molecular weight excluding hydrogens is 248 g/mol. The Bertz CT molecular complexity index is 491. The quantitative estimate of drug-likeness (QED) is 0.794. The second-order valence-electron chi connectivity index (χ2n) is 3.82. The summed E-state index contributed by atoms with van der Waals surface area (Å²) in [7, 11) is 2.85. The van der Waals surface area contributed by atoms with Gasteiger partial charge in [-0.25, -0.2) is 0 Å². The molecule has 1 aromatic carbocycles. The predicted molar refractivity (Wildman–Crippen MR) is 70.0 cm³/mol. The van der Waals surface area contributed by atoms with E-state index in [4.69, 9.17) is 9.84 Å². The molecule has 0 heterocycles. The third-order valence-electron chi connectivity index (χ3n) is 2.50. The van der Waals surface area contributed by atoms with Crippen LogP contribution in [-0.4, -0.2) is 31.3 Å². The van der Waals surface area contributed by atoms with Gasteiger partial charge in [-0.1, -0.05) is 18.2 Å². The number of hydrogen-bond donors (Lipinski definition) is 1. The van der Waals surface area contributed by atoms with Crippen molar-refractivity contribution < 1.29 is 24.2 Å². The Labute approximate surface area is 111 Å². The molecule has 0 radical (unpaired) electrons. The van der Waals surface area contributed by atoms with Gasteiger partial charge in [0.05, 0.1) is 27.1 Å². The van der Waals surface area contributed by atoms with E-state index < -0.39 is 5.97 Å². The van der Waals surface area contributed by atoms with Crippen molar-refractivity contribution in [3.63, 3.8) is 0 Å². The van der Waals surface area contributed by atoms with Gasteiger partial charge in [0.25, 0.3) is 0 Å². The SMILES string of the molecule is COC(=O)CC=Cc1cc(OC)ccc1CC(=O)O. The Morgan fingerprint density at radius 2 is 2.05 bits per heavy atom. The molecule has 0 atom stereocenters. The van der Waals surface area contributed by atoms with Crippen molar-refractivity contribution in [2.75, 3.05) is 14.2 Å². The van der Waals surface area contributed by atoms with Crippen LogP contribution in [0.1, 0.15) is 17.5 Å². The number of aliphatic carboxylic acids is 1. The molecule has 1 rings (SSSR count). The molecule has 0 aliphatic heterocycles. The van der Waals surface area contributed by atoms with Crippen molar-refractivity contribution >= 4 is 18.0 Å². The smallest absolute Gasteiger partial charge is 0.309 e. The lowest BCUT2D eigenvalue weighted by atomic mass is 10.0. The molecule has 102 valence electrons. The van der Waals surface area contributed by atoms with E-state index in [2.05, 4.69) is 4.74 Å². The van der Waals surface area contributed by atoms with E-state index in [1.807, 2.05) is 0 Å². The number of hydrogen-bond acceptors (Lipinski definition) is 4. The van der Waals surface area contributed by atoms with Crippen molar-refractivity contribution in [3.05, 3.63) is 35.4 Å². The van der Waals surface area contributed by atoms with E-state index in [1.165, 1.54) is 14.2 Å². The normalized spacial score (nSPS) is 10.4. The number of methoxy groups -OCH3 is 2. The Morgan fingerprint density at radius 3 is 2.63 bits per heavy atom. The Morgan fingerprint density at radius 1 is 1.32 bits per heavy atom. The monoisotopic (exact) mass is 264 g/mol. The fourth-order valence-corrected chi connectivity index (χ4v) is 1.54. The van der Waals surface area contributed by atoms with E-state index >= 15 is 0 Å². The van der Waals surface area contributed by atoms with E-state index in [9.17, 15) is 9.59 Å². The Kier molecular flexibility index (Phi) is 5.60. The first-order valence-electron chi connectivity index (χ1n) is 5.69. The van der Waals surface area contributed by atoms with Gasteiger partial charge in [-0.15, -0.1) is 0 Å². The molecule has 0 fully saturated rings. The minimum absolute atomic E-state index is 0.0815. The zero-order chi connectivity index (χ0) is 14.3. The molecule has 0 aliphatic rings. The summed E-state index contributed by atoms with van der Waals surface area (Å²) in [6.45, 7) is 0. The topological polar surface area (TPSA) is 72.8 Å². The summed E-state index contributed by atoms with van der Waals surface area (Å²) in [5, 5.41) is 8.84. The molecule has 0 bridgehead atoms. The van der Waals surface area contributed by atoms with Crippen molar-refractivity contribution in [2.24, 2.45) is 0 Å². The van der Waals surface area contributed by atoms with Crippen LogP contribution in [0.2, 0.25) is 0 Å². The number of carbonyl (C=O) groups excluding carboxylic acids is 1. The number of carboxylic acids is 1. The lowest BCUT2D eigenvalue weighted by Gasteiger charge is -2.06. The summed E-state index contributed by atoms with van der Waals surface area (Å²) < 4.78 is 9.61. The fourth-order valence-electron chi connectivity index (χ4n) is 1.54. The number of carboxylic acid groups (broad SMARTS) is 1. The highest BCUT2D eigenvalue weighted by molar-refractivity contribution is 5.75. The lowest BCUT2D eigenvalue weighted by Crippen LogP contribution is -2.02. The second-order valence-corrected chi connectivity index (χ2v) is 3.82. The van der Waals surface area contributed by atoms with Crippen LogP contribution in [0.4, 0.5) is 0 Å². The van der Waals surface area contributed by atoms with Gasteiger partial charge in [0.15, 0.2) is 0 Å². The summed E-state index contributed by atoms with van der Waals surface area (Å²) >= 11 is 0. The highest BCUT2D eigenvalue weighted by Crippen LogP contribution is 2.20. The van der Waals surface area contributed by atoms with Gasteiger partial charge >= 0.3 is 11.9 Å². The molecule has 1 aromatic rings. The largest absolute Gasteiger partial charge is 0.497 e. The minimum atomic E-state index is -0.909. The van der Waals surface area contributed by atoms with Crippen LogP contribution in [0.3, 0.4) is 0 Å². The highest BCUT2D eigenvalue weighted by Gasteiger charge is 2.06. The maximum atomic E-state index is 11.0. The van der Waals surface area contributed by atoms with Gasteiger partial charge in [0.2, 0.25) is 0 Å². The minimum Gasteiger partial charge on any atom is -0.497 e. The van der Waals surface area contributed by atoms with E-state index in [1.54, 1.807) is 30.4 Å². The summed E-state index contributed by atoms with van der Waals surface area (Å²) in [6.07, 6.45) is 3.38. The van der Waals surface area contributed by atoms with E-state index in [0.29, 0.717) is 16.9 Å². The third kappa shape index (κ3) is 4.83. The summed E-state index contributed by atoms with van der Waals surface area (Å²) in [5.74, 6) is -0.626. The van der Waals surface area contributed by atoms with Crippen LogP contribution in [0.5, 0.6) is 5.75 Å². The Balaban J connectivity index is 2.93. The van der Waals surface area contributed by atoms with Crippen LogP contribution >= 0.6 is 0 Å². The average molecular weight is 264 g/mol. The number of rotatable bonds is 6. The molecule has 0 amide bonds. The summed E-state index contributed by atoms with van der Waals surface area (Å²) in [4.78, 5) is 21.8. The van der Waals surface area contributed by atoms with Gasteiger partial charge in [-0.05, 0) is 23.3 Å². The highest BCUT2D eigenvalue weighted by atomic mass is 16.5. The number of benzene rings is 1. The molecule has 0 aromatic heterocycles. The molecule has 5 heteroatoms. The first-order valence-corrected chi connectivity index (χ1v) is 5.69. The van der Waals surface area contributed by atoms with Gasteiger partial charge in [0.1, 0.15) is 5.75 Å². The maximum Gasteiger partial charge on any atom is 0.309 e. The summed E-state index contributed by atoms with van der Waals surface area (Å²) in [5.41, 5.74) is 1.38. The molecule has 0 spiro atoms. The van der Waals surface area contributed by atoms with Crippen molar-refractivity contribution in [1.29, 1.82) is 0 Å². The van der Waals surface area contributed by atoms with Crippen LogP contribution in [0.15, 0.2) is 24.3 Å². The van der Waals surface area contributed by atoms with Gasteiger partial charge in [0, 0.05) is 0 Å². The first-order chi connectivity index (χ1) is 9.06. The van der Waals surface area contributed by atoms with Crippen LogP contribution in [0, 0.1) is 0 Å². The zero-order valence-electron chi connectivity index (χ0n) is 10.9. The molecule has 0 aliphatic carbocycles. The van der Waals surface area contributed by atoms with Crippen molar-refractivity contribution in [3.8, 4) is 5.75 Å². The summed E-state index contributed by atoms with van der Waals surface area (Å²) in [6, 6.07) is 5.13. The third-order valence-corrected chi connectivity index (χ3v) is 2.50. The predicted octanol–water partition coefficient (Wildman–Crippen LogP) is 1.90. The van der Waals surface area contributed by atoms with Crippen LogP contribution in [-0.2, 0) is 20.7 Å². The molecular formula is C14H16O5. The van der Waals surface area contributed by atoms with Crippen LogP contribution in [0.25, 0.3) is 6.08 Å². The zero-order valence-corrected chi connectivity index (χ0v) is 10.9. The number of ether oxygens (including phenoxy) is 2. The van der Waals surface area contributed by atoms with Gasteiger partial charge in [-0.2, -0.15) is 0 Å². The molecule has 19 heavy (non-hydrogen) atoms. The second kappa shape index (κ2) is 7.20. The Hall–Kier alpha value is -2.30. The number of esters is 1. The first kappa shape index (κ1) is 14.8. The molecule has 5 nitrogen and oxygen atoms in total. The molecule has 0 unspecified atom stereocenters. The molecule has 0 saturated heterocycles. The van der Waals surface area contributed by atoms with Crippen molar-refractivity contribution in [2.45, 2.75) is 12.8 Å². The van der Waals surface area contributed by atoms with Gasteiger partial charge < -0.3 is 14.6 Å². The molecule has 1 N–H and O–H groups in total. The fraction of sp³-hybridized carbons (Fsp3) is 0.286. The number of carbonyl (C=O) groups is 2. The standard InChI is InChI=1S/C14H16O5/c1-18-12-7-6-11(9-13(15)16)10(8-12)4-3-5-14(17)19-2/h3-4,6-8H,5,9H2,1-2H3,(H,15,16). The van der Waals surface area contributed by atoms with Gasteiger partial charge in [-0.3, -0.25) is 9.59 Å². The maximum absolute atomic E-state index is 11.0.